The summed E-state index contributed by atoms with van der Waals surface area (Å²) in [5, 5.41) is 11.0. The molecule has 1 amide bonds. The van der Waals surface area contributed by atoms with Gasteiger partial charge >= 0.3 is 0 Å². The fourth-order valence-corrected chi connectivity index (χ4v) is 3.87. The van der Waals surface area contributed by atoms with Crippen molar-refractivity contribution in [3.63, 3.8) is 0 Å². The minimum atomic E-state index is -0.696. The van der Waals surface area contributed by atoms with Crippen molar-refractivity contribution in [2.75, 3.05) is 20.3 Å². The first-order valence-corrected chi connectivity index (χ1v) is 9.54. The number of likely N-dealkylation sites (tertiary alicyclic amines) is 1. The summed E-state index contributed by atoms with van der Waals surface area (Å²) in [7, 11) is 1.55. The average Bonchev–Trinajstić information content (AvgIpc) is 3.36. The third-order valence-electron chi connectivity index (χ3n) is 5.35. The van der Waals surface area contributed by atoms with Gasteiger partial charge in [0, 0.05) is 31.1 Å². The molecule has 1 aromatic heterocycles. The standard InChI is InChI=1S/C22H22N2O5/c1-28-16-6-4-15(5-7-16)20(25)18-19(14-8-10-23-11-9-14)24(22(27)21(18)26)13-17-3-2-12-29-17/h4-11,17,19,25H,2-3,12-13H2,1H3/b20-18-. The minimum absolute atomic E-state index is 0.0735. The van der Waals surface area contributed by atoms with E-state index in [1.165, 1.54) is 4.90 Å². The number of ketones is 1. The Balaban J connectivity index is 1.79. The van der Waals surface area contributed by atoms with Gasteiger partial charge in [0.15, 0.2) is 0 Å². The van der Waals surface area contributed by atoms with Gasteiger partial charge < -0.3 is 19.5 Å². The lowest BCUT2D eigenvalue weighted by Gasteiger charge is -2.27. The van der Waals surface area contributed by atoms with Crippen LogP contribution in [-0.2, 0) is 14.3 Å². The maximum absolute atomic E-state index is 12.9. The molecule has 0 radical (unpaired) electrons. The molecule has 29 heavy (non-hydrogen) atoms. The summed E-state index contributed by atoms with van der Waals surface area (Å²) in [6.07, 6.45) is 4.87. The molecule has 2 aliphatic rings. The maximum Gasteiger partial charge on any atom is 0.295 e. The molecule has 2 aromatic rings. The molecule has 0 saturated carbocycles. The molecule has 2 saturated heterocycles. The lowest BCUT2D eigenvalue weighted by Crippen LogP contribution is -2.36. The third kappa shape index (κ3) is 3.61. The van der Waals surface area contributed by atoms with Crippen molar-refractivity contribution in [1.82, 2.24) is 9.88 Å². The molecule has 4 rings (SSSR count). The number of amides is 1. The van der Waals surface area contributed by atoms with Gasteiger partial charge in [0.2, 0.25) is 0 Å². The number of methoxy groups -OCH3 is 1. The molecular formula is C22H22N2O5. The van der Waals surface area contributed by atoms with Crippen molar-refractivity contribution in [2.45, 2.75) is 25.0 Å². The number of hydrogen-bond acceptors (Lipinski definition) is 6. The molecule has 2 atom stereocenters. The van der Waals surface area contributed by atoms with Crippen LogP contribution in [0.4, 0.5) is 0 Å². The predicted molar refractivity (Wildman–Crippen MR) is 105 cm³/mol. The molecule has 1 N–H and O–H groups in total. The maximum atomic E-state index is 12.9. The largest absolute Gasteiger partial charge is 0.507 e. The summed E-state index contributed by atoms with van der Waals surface area (Å²) in [6.45, 7) is 0.956. The number of aromatic nitrogens is 1. The zero-order valence-corrected chi connectivity index (χ0v) is 16.1. The number of carbonyl (C=O) groups excluding carboxylic acids is 2. The molecule has 150 valence electrons. The monoisotopic (exact) mass is 394 g/mol. The number of rotatable bonds is 5. The van der Waals surface area contributed by atoms with Crippen LogP contribution >= 0.6 is 0 Å². The molecule has 1 aromatic carbocycles. The highest BCUT2D eigenvalue weighted by molar-refractivity contribution is 6.46. The molecule has 2 fully saturated rings. The Bertz CT molecular complexity index is 933. The smallest absolute Gasteiger partial charge is 0.295 e. The number of benzene rings is 1. The number of aliphatic hydroxyl groups excluding tert-OH is 1. The van der Waals surface area contributed by atoms with Gasteiger partial charge in [-0.25, -0.2) is 0 Å². The molecule has 2 unspecified atom stereocenters. The summed E-state index contributed by atoms with van der Waals surface area (Å²) in [6, 6.07) is 9.51. The number of aliphatic hydroxyl groups is 1. The van der Waals surface area contributed by atoms with Gasteiger partial charge in [-0.1, -0.05) is 0 Å². The SMILES string of the molecule is COc1ccc(/C(O)=C2/C(=O)C(=O)N(CC3CCCO3)C2c2ccncc2)cc1. The molecular weight excluding hydrogens is 372 g/mol. The molecule has 2 aliphatic heterocycles. The van der Waals surface area contributed by atoms with Crippen molar-refractivity contribution in [1.29, 1.82) is 0 Å². The van der Waals surface area contributed by atoms with Crippen LogP contribution in [0.2, 0.25) is 0 Å². The van der Waals surface area contributed by atoms with Crippen LogP contribution in [0.15, 0.2) is 54.4 Å². The van der Waals surface area contributed by atoms with Crippen molar-refractivity contribution in [2.24, 2.45) is 0 Å². The number of hydrogen-bond donors (Lipinski definition) is 1. The first kappa shape index (κ1) is 19.1. The van der Waals surface area contributed by atoms with Crippen LogP contribution in [0.3, 0.4) is 0 Å². The van der Waals surface area contributed by atoms with Crippen LogP contribution in [0.5, 0.6) is 5.75 Å². The highest BCUT2D eigenvalue weighted by Crippen LogP contribution is 2.40. The van der Waals surface area contributed by atoms with E-state index in [9.17, 15) is 14.7 Å². The minimum Gasteiger partial charge on any atom is -0.507 e. The third-order valence-corrected chi connectivity index (χ3v) is 5.35. The average molecular weight is 394 g/mol. The molecule has 0 bridgehead atoms. The van der Waals surface area contributed by atoms with Gasteiger partial charge in [-0.05, 0) is 54.8 Å². The molecule has 0 aliphatic carbocycles. The Morgan fingerprint density at radius 3 is 2.55 bits per heavy atom. The summed E-state index contributed by atoms with van der Waals surface area (Å²) in [4.78, 5) is 31.3. The Morgan fingerprint density at radius 2 is 1.93 bits per heavy atom. The van der Waals surface area contributed by atoms with E-state index < -0.39 is 17.7 Å². The zero-order valence-electron chi connectivity index (χ0n) is 16.1. The van der Waals surface area contributed by atoms with Crippen molar-refractivity contribution in [3.8, 4) is 5.75 Å². The van der Waals surface area contributed by atoms with E-state index in [0.717, 1.165) is 12.8 Å². The van der Waals surface area contributed by atoms with Crippen molar-refractivity contribution in [3.05, 3.63) is 65.5 Å². The zero-order chi connectivity index (χ0) is 20.4. The fourth-order valence-electron chi connectivity index (χ4n) is 3.87. The van der Waals surface area contributed by atoms with Gasteiger partial charge in [0.25, 0.3) is 11.7 Å². The van der Waals surface area contributed by atoms with Crippen LogP contribution < -0.4 is 4.74 Å². The van der Waals surface area contributed by atoms with Crippen molar-refractivity contribution >= 4 is 17.4 Å². The van der Waals surface area contributed by atoms with Crippen LogP contribution in [0.25, 0.3) is 5.76 Å². The molecule has 0 spiro atoms. The second-order valence-corrected chi connectivity index (χ2v) is 7.10. The van der Waals surface area contributed by atoms with Gasteiger partial charge in [-0.15, -0.1) is 0 Å². The summed E-state index contributed by atoms with van der Waals surface area (Å²) in [5.74, 6) is -0.899. The Kier molecular flexibility index (Phi) is 5.31. The highest BCUT2D eigenvalue weighted by Gasteiger charge is 2.47. The normalized spacial score (nSPS) is 23.6. The number of nitrogens with zero attached hydrogens (tertiary/aromatic N) is 2. The van der Waals surface area contributed by atoms with Crippen LogP contribution in [0.1, 0.15) is 30.0 Å². The van der Waals surface area contributed by atoms with E-state index in [-0.39, 0.29) is 17.4 Å². The Morgan fingerprint density at radius 1 is 1.21 bits per heavy atom. The number of ether oxygens (including phenoxy) is 2. The Labute approximate surface area is 168 Å². The topological polar surface area (TPSA) is 89.0 Å². The van der Waals surface area contributed by atoms with Crippen LogP contribution in [-0.4, -0.2) is 53.0 Å². The second-order valence-electron chi connectivity index (χ2n) is 7.10. The van der Waals surface area contributed by atoms with Gasteiger partial charge in [0.1, 0.15) is 11.5 Å². The predicted octanol–water partition coefficient (Wildman–Crippen LogP) is 2.69. The summed E-state index contributed by atoms with van der Waals surface area (Å²) >= 11 is 0. The summed E-state index contributed by atoms with van der Waals surface area (Å²) < 4.78 is 10.8. The van der Waals surface area contributed by atoms with Gasteiger partial charge in [-0.3, -0.25) is 14.6 Å². The number of carbonyl (C=O) groups is 2. The van der Waals surface area contributed by atoms with Crippen LogP contribution in [0, 0.1) is 0 Å². The summed E-state index contributed by atoms with van der Waals surface area (Å²) in [5.41, 5.74) is 1.23. The van der Waals surface area contributed by atoms with E-state index in [4.69, 9.17) is 9.47 Å². The number of pyridine rings is 1. The van der Waals surface area contributed by atoms with E-state index in [1.54, 1.807) is 55.9 Å². The molecule has 7 heteroatoms. The second kappa shape index (κ2) is 8.05. The Hall–Kier alpha value is -3.19. The van der Waals surface area contributed by atoms with E-state index in [1.807, 2.05) is 0 Å². The lowest BCUT2D eigenvalue weighted by atomic mass is 9.96. The fraction of sp³-hybridized carbons (Fsp3) is 0.318. The van der Waals surface area contributed by atoms with E-state index >= 15 is 0 Å². The molecule has 7 nitrogen and oxygen atoms in total. The lowest BCUT2D eigenvalue weighted by molar-refractivity contribution is -0.140. The van der Waals surface area contributed by atoms with Gasteiger partial charge in [-0.2, -0.15) is 0 Å². The highest BCUT2D eigenvalue weighted by atomic mass is 16.5. The quantitative estimate of drug-likeness (QED) is 0.477. The van der Waals surface area contributed by atoms with E-state index in [2.05, 4.69) is 4.98 Å². The first-order chi connectivity index (χ1) is 14.1. The van der Waals surface area contributed by atoms with Crippen molar-refractivity contribution < 1.29 is 24.2 Å². The molecule has 3 heterocycles. The van der Waals surface area contributed by atoms with Gasteiger partial charge in [0.05, 0.1) is 24.8 Å². The van der Waals surface area contributed by atoms with E-state index in [0.29, 0.717) is 30.0 Å². The first-order valence-electron chi connectivity index (χ1n) is 9.54. The number of Topliss-reactive ketones (excluding diaryl/α,β-unsaturated/α-hetero) is 1.